The van der Waals surface area contributed by atoms with Crippen molar-refractivity contribution in [2.45, 2.75) is 6.92 Å². The Morgan fingerprint density at radius 3 is 2.94 bits per heavy atom. The van der Waals surface area contributed by atoms with Crippen LogP contribution >= 0.6 is 27.3 Å². The van der Waals surface area contributed by atoms with Crippen LogP contribution in [0.5, 0.6) is 0 Å². The van der Waals surface area contributed by atoms with E-state index in [1.54, 1.807) is 29.7 Å². The van der Waals surface area contributed by atoms with E-state index in [-0.39, 0.29) is 5.91 Å². The molecule has 0 radical (unpaired) electrons. The van der Waals surface area contributed by atoms with Crippen molar-refractivity contribution in [3.05, 3.63) is 56.2 Å². The molecule has 1 amide bonds. The van der Waals surface area contributed by atoms with E-state index in [0.717, 1.165) is 14.9 Å². The minimum absolute atomic E-state index is 0.219. The lowest BCUT2D eigenvalue weighted by Gasteiger charge is -2.02. The van der Waals surface area contributed by atoms with Crippen LogP contribution in [0.4, 0.5) is 0 Å². The molecule has 0 saturated carbocycles. The zero-order chi connectivity index (χ0) is 13.0. The van der Waals surface area contributed by atoms with Gasteiger partial charge < -0.3 is 0 Å². The van der Waals surface area contributed by atoms with Gasteiger partial charge in [0.05, 0.1) is 6.21 Å². The molecule has 0 fully saturated rings. The first-order valence-corrected chi connectivity index (χ1v) is 6.97. The van der Waals surface area contributed by atoms with Gasteiger partial charge in [-0.1, -0.05) is 28.1 Å². The van der Waals surface area contributed by atoms with Crippen molar-refractivity contribution >= 4 is 39.4 Å². The number of aryl methyl sites for hydroxylation is 1. The number of hydrogen-bond acceptors (Lipinski definition) is 3. The van der Waals surface area contributed by atoms with Crippen LogP contribution in [-0.4, -0.2) is 12.1 Å². The standard InChI is InChI=1S/C13H11BrN2OS/c1-9-4-5-10(7-12(9)14)13(17)16-15-8-11-3-2-6-18-11/h2-8H,1H3,(H,16,17). The van der Waals surface area contributed by atoms with Gasteiger partial charge in [-0.3, -0.25) is 4.79 Å². The molecule has 1 N–H and O–H groups in total. The highest BCUT2D eigenvalue weighted by molar-refractivity contribution is 9.10. The summed E-state index contributed by atoms with van der Waals surface area (Å²) in [4.78, 5) is 12.8. The summed E-state index contributed by atoms with van der Waals surface area (Å²) in [6, 6.07) is 9.32. The summed E-state index contributed by atoms with van der Waals surface area (Å²) in [7, 11) is 0. The van der Waals surface area contributed by atoms with E-state index in [1.807, 2.05) is 30.5 Å². The van der Waals surface area contributed by atoms with Gasteiger partial charge in [-0.2, -0.15) is 5.10 Å². The summed E-state index contributed by atoms with van der Waals surface area (Å²) in [5, 5.41) is 5.87. The Bertz CT molecular complexity index is 579. The Hall–Kier alpha value is -1.46. The van der Waals surface area contributed by atoms with Crippen molar-refractivity contribution in [1.29, 1.82) is 0 Å². The van der Waals surface area contributed by atoms with Gasteiger partial charge in [-0.25, -0.2) is 5.43 Å². The van der Waals surface area contributed by atoms with Crippen molar-refractivity contribution in [2.24, 2.45) is 5.10 Å². The molecule has 5 heteroatoms. The molecule has 2 aromatic rings. The van der Waals surface area contributed by atoms with Gasteiger partial charge >= 0.3 is 0 Å². The van der Waals surface area contributed by atoms with Crippen LogP contribution in [0.15, 0.2) is 45.3 Å². The van der Waals surface area contributed by atoms with Crippen LogP contribution in [0.25, 0.3) is 0 Å². The molecule has 0 atom stereocenters. The Balaban J connectivity index is 2.01. The van der Waals surface area contributed by atoms with E-state index in [4.69, 9.17) is 0 Å². The van der Waals surface area contributed by atoms with E-state index in [2.05, 4.69) is 26.5 Å². The van der Waals surface area contributed by atoms with Crippen molar-refractivity contribution in [2.75, 3.05) is 0 Å². The molecule has 1 aromatic carbocycles. The molecule has 0 unspecified atom stereocenters. The van der Waals surface area contributed by atoms with Crippen LogP contribution in [0, 0.1) is 6.92 Å². The minimum atomic E-state index is -0.219. The first-order chi connectivity index (χ1) is 8.66. The fraction of sp³-hybridized carbons (Fsp3) is 0.0769. The van der Waals surface area contributed by atoms with Crippen molar-refractivity contribution in [3.63, 3.8) is 0 Å². The second-order valence-electron chi connectivity index (χ2n) is 3.68. The number of hydrazone groups is 1. The van der Waals surface area contributed by atoms with Crippen LogP contribution in [-0.2, 0) is 0 Å². The molecule has 1 heterocycles. The Morgan fingerprint density at radius 2 is 2.28 bits per heavy atom. The fourth-order valence-corrected chi connectivity index (χ4v) is 2.28. The van der Waals surface area contributed by atoms with E-state index in [9.17, 15) is 4.79 Å². The third-order valence-electron chi connectivity index (χ3n) is 2.34. The van der Waals surface area contributed by atoms with Gasteiger partial charge in [0.1, 0.15) is 0 Å². The predicted octanol–water partition coefficient (Wildman–Crippen LogP) is 3.58. The van der Waals surface area contributed by atoms with E-state index < -0.39 is 0 Å². The smallest absolute Gasteiger partial charge is 0.267 e. The lowest BCUT2D eigenvalue weighted by atomic mass is 10.1. The van der Waals surface area contributed by atoms with Gasteiger partial charge in [0.2, 0.25) is 0 Å². The van der Waals surface area contributed by atoms with Crippen LogP contribution in [0.2, 0.25) is 0 Å². The molecule has 3 nitrogen and oxygen atoms in total. The molecule has 0 spiro atoms. The largest absolute Gasteiger partial charge is 0.271 e. The van der Waals surface area contributed by atoms with Crippen molar-refractivity contribution in [1.82, 2.24) is 5.43 Å². The van der Waals surface area contributed by atoms with Crippen LogP contribution in [0.1, 0.15) is 20.8 Å². The number of nitrogens with zero attached hydrogens (tertiary/aromatic N) is 1. The Morgan fingerprint density at radius 1 is 1.44 bits per heavy atom. The number of carbonyl (C=O) groups excluding carboxylic acids is 1. The fourth-order valence-electron chi connectivity index (χ4n) is 1.32. The summed E-state index contributed by atoms with van der Waals surface area (Å²) in [5.74, 6) is -0.219. The number of benzene rings is 1. The van der Waals surface area contributed by atoms with E-state index >= 15 is 0 Å². The molecule has 0 aliphatic carbocycles. The molecule has 0 saturated heterocycles. The number of halogens is 1. The van der Waals surface area contributed by atoms with Gasteiger partial charge in [0.15, 0.2) is 0 Å². The van der Waals surface area contributed by atoms with E-state index in [1.165, 1.54) is 0 Å². The Kier molecular flexibility index (Phi) is 4.28. The zero-order valence-corrected chi connectivity index (χ0v) is 12.1. The third kappa shape index (κ3) is 3.27. The van der Waals surface area contributed by atoms with Crippen molar-refractivity contribution < 1.29 is 4.79 Å². The second-order valence-corrected chi connectivity index (χ2v) is 5.51. The van der Waals surface area contributed by atoms with Crippen molar-refractivity contribution in [3.8, 4) is 0 Å². The highest BCUT2D eigenvalue weighted by atomic mass is 79.9. The molecular formula is C13H11BrN2OS. The molecule has 1 aromatic heterocycles. The quantitative estimate of drug-likeness (QED) is 0.681. The van der Waals surface area contributed by atoms with E-state index in [0.29, 0.717) is 5.56 Å². The van der Waals surface area contributed by atoms with Crippen LogP contribution < -0.4 is 5.43 Å². The number of nitrogens with one attached hydrogen (secondary N) is 1. The summed E-state index contributed by atoms with van der Waals surface area (Å²) in [6.45, 7) is 1.97. The molecule has 2 rings (SSSR count). The number of amides is 1. The SMILES string of the molecule is Cc1ccc(C(=O)NN=Cc2cccs2)cc1Br. The highest BCUT2D eigenvalue weighted by Gasteiger charge is 2.05. The summed E-state index contributed by atoms with van der Waals surface area (Å²) in [5.41, 5.74) is 4.17. The average molecular weight is 323 g/mol. The second kappa shape index (κ2) is 5.93. The third-order valence-corrected chi connectivity index (χ3v) is 4.00. The summed E-state index contributed by atoms with van der Waals surface area (Å²) >= 11 is 4.96. The highest BCUT2D eigenvalue weighted by Crippen LogP contribution is 2.17. The normalized spacial score (nSPS) is 10.8. The molecular weight excluding hydrogens is 312 g/mol. The maximum absolute atomic E-state index is 11.8. The molecule has 0 aliphatic rings. The lowest BCUT2D eigenvalue weighted by molar-refractivity contribution is 0.0955. The molecule has 18 heavy (non-hydrogen) atoms. The monoisotopic (exact) mass is 322 g/mol. The molecule has 0 bridgehead atoms. The molecule has 92 valence electrons. The van der Waals surface area contributed by atoms with Gasteiger partial charge in [0.25, 0.3) is 5.91 Å². The summed E-state index contributed by atoms with van der Waals surface area (Å²) < 4.78 is 0.914. The van der Waals surface area contributed by atoms with Gasteiger partial charge in [-0.05, 0) is 36.1 Å². The number of rotatable bonds is 3. The van der Waals surface area contributed by atoms with Crippen LogP contribution in [0.3, 0.4) is 0 Å². The first kappa shape index (κ1) is 13.0. The first-order valence-electron chi connectivity index (χ1n) is 5.30. The zero-order valence-electron chi connectivity index (χ0n) is 9.68. The molecule has 0 aliphatic heterocycles. The topological polar surface area (TPSA) is 41.5 Å². The van der Waals surface area contributed by atoms with Gasteiger partial charge in [0, 0.05) is 14.9 Å². The maximum Gasteiger partial charge on any atom is 0.271 e. The predicted molar refractivity (Wildman–Crippen MR) is 78.3 cm³/mol. The summed E-state index contributed by atoms with van der Waals surface area (Å²) in [6.07, 6.45) is 1.63. The number of hydrogen-bond donors (Lipinski definition) is 1. The maximum atomic E-state index is 11.8. The average Bonchev–Trinajstić information content (AvgIpc) is 2.85. The lowest BCUT2D eigenvalue weighted by Crippen LogP contribution is -2.17. The minimum Gasteiger partial charge on any atom is -0.267 e. The Labute approximate surface area is 118 Å². The van der Waals surface area contributed by atoms with Gasteiger partial charge in [-0.15, -0.1) is 11.3 Å². The number of thiophene rings is 1. The number of carbonyl (C=O) groups is 1.